The maximum atomic E-state index is 12.8. The van der Waals surface area contributed by atoms with Crippen LogP contribution in [0.5, 0.6) is 0 Å². The average molecular weight is 426 g/mol. The monoisotopic (exact) mass is 425 g/mol. The fourth-order valence-electron chi connectivity index (χ4n) is 2.85. The number of urea groups is 1. The van der Waals surface area contributed by atoms with Crippen LogP contribution in [-0.2, 0) is 17.9 Å². The van der Waals surface area contributed by atoms with Gasteiger partial charge in [0, 0.05) is 24.2 Å². The van der Waals surface area contributed by atoms with E-state index in [4.69, 9.17) is 10.5 Å². The van der Waals surface area contributed by atoms with Gasteiger partial charge in [0.05, 0.1) is 5.56 Å². The number of nitrogens with two attached hydrogens (primary N) is 1. The number of hydrogen-bond donors (Lipinski definition) is 2. The van der Waals surface area contributed by atoms with Crippen LogP contribution in [0.4, 0.5) is 4.79 Å². The summed E-state index contributed by atoms with van der Waals surface area (Å²) >= 11 is 0. The molecule has 0 aliphatic heterocycles. The minimum Gasteiger partial charge on any atom is -0.457 e. The molecule has 0 unspecified atom stereocenters. The Morgan fingerprint density at radius 1 is 0.935 bits per heavy atom. The van der Waals surface area contributed by atoms with E-state index in [-0.39, 0.29) is 29.7 Å². The number of nitrogens with one attached hydrogen (secondary N) is 1. The van der Waals surface area contributed by atoms with Gasteiger partial charge in [0.2, 0.25) is 0 Å². The van der Waals surface area contributed by atoms with Crippen LogP contribution in [0.1, 0.15) is 62.5 Å². The Hall–Kier alpha value is -2.86. The van der Waals surface area contributed by atoms with Crippen LogP contribution in [0.15, 0.2) is 54.6 Å². The van der Waals surface area contributed by atoms with Crippen LogP contribution in [0, 0.1) is 0 Å². The Morgan fingerprint density at radius 3 is 2.10 bits per heavy atom. The fourth-order valence-corrected chi connectivity index (χ4v) is 2.85. The lowest BCUT2D eigenvalue weighted by Gasteiger charge is -2.30. The van der Waals surface area contributed by atoms with Crippen LogP contribution in [-0.4, -0.2) is 34.5 Å². The number of nitrogens with zero attached hydrogens (tertiary/aromatic N) is 1. The second-order valence-electron chi connectivity index (χ2n) is 9.60. The zero-order valence-corrected chi connectivity index (χ0v) is 19.3. The molecule has 3 N–H and O–H groups in total. The van der Waals surface area contributed by atoms with Crippen LogP contribution in [0.2, 0.25) is 0 Å². The Morgan fingerprint density at radius 2 is 1.55 bits per heavy atom. The summed E-state index contributed by atoms with van der Waals surface area (Å²) in [4.78, 5) is 26.8. The molecule has 168 valence electrons. The van der Waals surface area contributed by atoms with Crippen molar-refractivity contribution in [3.05, 3.63) is 71.3 Å². The Labute approximate surface area is 185 Å². The van der Waals surface area contributed by atoms with Crippen molar-refractivity contribution in [2.45, 2.75) is 65.3 Å². The van der Waals surface area contributed by atoms with Crippen LogP contribution >= 0.6 is 0 Å². The van der Waals surface area contributed by atoms with Crippen molar-refractivity contribution in [2.24, 2.45) is 5.73 Å². The fraction of sp³-hybridized carbons (Fsp3) is 0.440. The van der Waals surface area contributed by atoms with Crippen LogP contribution in [0.25, 0.3) is 0 Å². The summed E-state index contributed by atoms with van der Waals surface area (Å²) in [5.74, 6) is -0.373. The van der Waals surface area contributed by atoms with E-state index in [9.17, 15) is 9.59 Å². The van der Waals surface area contributed by atoms with E-state index in [2.05, 4.69) is 5.32 Å². The Balaban J connectivity index is 2.01. The molecule has 0 spiro atoms. The van der Waals surface area contributed by atoms with Crippen molar-refractivity contribution in [3.63, 3.8) is 0 Å². The largest absolute Gasteiger partial charge is 0.457 e. The van der Waals surface area contributed by atoms with Crippen molar-refractivity contribution < 1.29 is 14.3 Å². The lowest BCUT2D eigenvalue weighted by Crippen LogP contribution is -2.49. The lowest BCUT2D eigenvalue weighted by molar-refractivity contribution is 0.0472. The summed E-state index contributed by atoms with van der Waals surface area (Å²) in [6.45, 7) is 10.9. The molecule has 0 saturated heterocycles. The molecule has 0 fully saturated rings. The predicted octanol–water partition coefficient (Wildman–Crippen LogP) is 4.48. The van der Waals surface area contributed by atoms with E-state index in [1.54, 1.807) is 17.0 Å². The van der Waals surface area contributed by atoms with Gasteiger partial charge in [0.25, 0.3) is 0 Å². The van der Waals surface area contributed by atoms with Crippen molar-refractivity contribution in [1.29, 1.82) is 0 Å². The topological polar surface area (TPSA) is 84.7 Å². The molecule has 0 bridgehead atoms. The predicted molar refractivity (Wildman–Crippen MR) is 124 cm³/mol. The van der Waals surface area contributed by atoms with Gasteiger partial charge in [-0.1, -0.05) is 42.5 Å². The molecule has 0 aromatic heterocycles. The molecule has 2 aromatic rings. The van der Waals surface area contributed by atoms with Gasteiger partial charge in [0.1, 0.15) is 6.61 Å². The number of amides is 2. The number of ether oxygens (including phenoxy) is 1. The van der Waals surface area contributed by atoms with Gasteiger partial charge in [-0.15, -0.1) is 0 Å². The molecule has 2 aromatic carbocycles. The van der Waals surface area contributed by atoms with Crippen LogP contribution in [0.3, 0.4) is 0 Å². The summed E-state index contributed by atoms with van der Waals surface area (Å²) in [7, 11) is 0. The minimum atomic E-state index is -0.373. The molecule has 0 heterocycles. The van der Waals surface area contributed by atoms with Gasteiger partial charge in [0.15, 0.2) is 0 Å². The summed E-state index contributed by atoms with van der Waals surface area (Å²) in [5.41, 5.74) is 7.77. The van der Waals surface area contributed by atoms with Gasteiger partial charge in [-0.05, 0) is 64.3 Å². The highest BCUT2D eigenvalue weighted by molar-refractivity contribution is 5.89. The van der Waals surface area contributed by atoms with Gasteiger partial charge in [-0.25, -0.2) is 9.59 Å². The zero-order valence-electron chi connectivity index (χ0n) is 19.3. The maximum absolute atomic E-state index is 12.8. The number of hydrogen-bond acceptors (Lipinski definition) is 4. The second-order valence-corrected chi connectivity index (χ2v) is 9.60. The highest BCUT2D eigenvalue weighted by Crippen LogP contribution is 2.14. The first-order valence-corrected chi connectivity index (χ1v) is 10.6. The van der Waals surface area contributed by atoms with E-state index < -0.39 is 0 Å². The Kier molecular flexibility index (Phi) is 8.22. The number of esters is 1. The highest BCUT2D eigenvalue weighted by atomic mass is 16.5. The first-order valence-electron chi connectivity index (χ1n) is 10.6. The quantitative estimate of drug-likeness (QED) is 0.611. The van der Waals surface area contributed by atoms with Crippen molar-refractivity contribution in [1.82, 2.24) is 10.2 Å². The van der Waals surface area contributed by atoms with Crippen molar-refractivity contribution >= 4 is 12.0 Å². The number of benzene rings is 2. The smallest absolute Gasteiger partial charge is 0.338 e. The molecular formula is C25H35N3O3. The summed E-state index contributed by atoms with van der Waals surface area (Å²) in [6, 6.07) is 16.6. The third kappa shape index (κ3) is 9.22. The number of rotatable bonds is 8. The first kappa shape index (κ1) is 24.4. The van der Waals surface area contributed by atoms with Gasteiger partial charge in [-0.2, -0.15) is 0 Å². The minimum absolute atomic E-state index is 0.136. The molecule has 0 saturated carbocycles. The second kappa shape index (κ2) is 10.4. The molecule has 31 heavy (non-hydrogen) atoms. The molecule has 0 radical (unpaired) electrons. The lowest BCUT2D eigenvalue weighted by atomic mass is 10.0. The first-order chi connectivity index (χ1) is 14.4. The normalized spacial score (nSPS) is 11.7. The van der Waals surface area contributed by atoms with Gasteiger partial charge in [-0.3, -0.25) is 0 Å². The van der Waals surface area contributed by atoms with E-state index >= 15 is 0 Å². The third-order valence-electron chi connectivity index (χ3n) is 4.57. The van der Waals surface area contributed by atoms with E-state index in [1.807, 2.05) is 77.1 Å². The molecular weight excluding hydrogens is 390 g/mol. The van der Waals surface area contributed by atoms with Crippen LogP contribution < -0.4 is 11.1 Å². The number of carbonyl (C=O) groups excluding carboxylic acids is 2. The third-order valence-corrected chi connectivity index (χ3v) is 4.57. The van der Waals surface area contributed by atoms with Gasteiger partial charge < -0.3 is 20.7 Å². The molecule has 0 aliphatic rings. The van der Waals surface area contributed by atoms with Gasteiger partial charge >= 0.3 is 12.0 Å². The summed E-state index contributed by atoms with van der Waals surface area (Å²) in [5, 5.41) is 3.01. The van der Waals surface area contributed by atoms with Crippen molar-refractivity contribution in [3.8, 4) is 0 Å². The van der Waals surface area contributed by atoms with E-state index in [0.717, 1.165) is 11.1 Å². The number of carbonyl (C=O) groups is 2. The summed E-state index contributed by atoms with van der Waals surface area (Å²) in [6.07, 6.45) is 0.675. The molecule has 6 nitrogen and oxygen atoms in total. The zero-order chi connectivity index (χ0) is 23.1. The maximum Gasteiger partial charge on any atom is 0.338 e. The molecule has 2 amide bonds. The highest BCUT2D eigenvalue weighted by Gasteiger charge is 2.22. The molecule has 0 atom stereocenters. The molecule has 2 rings (SSSR count). The molecule has 0 aliphatic carbocycles. The molecule has 6 heteroatoms. The summed E-state index contributed by atoms with van der Waals surface area (Å²) < 4.78 is 5.38. The van der Waals surface area contributed by atoms with Crippen molar-refractivity contribution in [2.75, 3.05) is 6.54 Å². The van der Waals surface area contributed by atoms with E-state index in [1.165, 1.54) is 0 Å². The standard InChI is InChI=1S/C25H35N3O3/c1-24(2,3)27-23(30)28(16-15-25(4,5)26)17-19-11-13-21(14-12-19)22(29)31-18-20-9-7-6-8-10-20/h6-14H,15-18,26H2,1-5H3,(H,27,30). The Bertz CT molecular complexity index is 850. The average Bonchev–Trinajstić information content (AvgIpc) is 2.68. The van der Waals surface area contributed by atoms with E-state index in [0.29, 0.717) is 25.1 Å². The SMILES string of the molecule is CC(C)(N)CCN(Cc1ccc(C(=O)OCc2ccccc2)cc1)C(=O)NC(C)(C)C.